The van der Waals surface area contributed by atoms with Gasteiger partial charge in [0.25, 0.3) is 0 Å². The number of aryl methyl sites for hydroxylation is 1. The summed E-state index contributed by atoms with van der Waals surface area (Å²) in [5.41, 5.74) is 1.03. The molecule has 1 aliphatic heterocycles. The van der Waals surface area contributed by atoms with Gasteiger partial charge < -0.3 is 9.64 Å². The number of rotatable bonds is 3. The monoisotopic (exact) mass is 261 g/mol. The predicted molar refractivity (Wildman–Crippen MR) is 75.1 cm³/mol. The molecule has 1 aromatic heterocycles. The van der Waals surface area contributed by atoms with Gasteiger partial charge in [-0.1, -0.05) is 12.8 Å². The third-order valence-electron chi connectivity index (χ3n) is 4.46. The second-order valence-electron chi connectivity index (χ2n) is 5.93. The highest BCUT2D eigenvalue weighted by Gasteiger charge is 2.34. The van der Waals surface area contributed by atoms with E-state index >= 15 is 0 Å². The van der Waals surface area contributed by atoms with Crippen molar-refractivity contribution in [2.24, 2.45) is 11.8 Å². The molecule has 2 fully saturated rings. The van der Waals surface area contributed by atoms with Crippen LogP contribution in [-0.2, 0) is 11.3 Å². The molecule has 104 valence electrons. The van der Waals surface area contributed by atoms with Crippen molar-refractivity contribution in [3.63, 3.8) is 0 Å². The topological polar surface area (TPSA) is 38.2 Å². The second-order valence-corrected chi connectivity index (χ2v) is 5.93. The van der Waals surface area contributed by atoms with Gasteiger partial charge in [0.15, 0.2) is 5.82 Å². The van der Waals surface area contributed by atoms with Gasteiger partial charge in [-0.3, -0.25) is 0 Å². The molecule has 4 heteroatoms. The van der Waals surface area contributed by atoms with E-state index in [-0.39, 0.29) is 0 Å². The summed E-state index contributed by atoms with van der Waals surface area (Å²) in [7, 11) is 1.69. The van der Waals surface area contributed by atoms with Crippen molar-refractivity contribution in [2.75, 3.05) is 25.1 Å². The third-order valence-corrected chi connectivity index (χ3v) is 4.46. The Morgan fingerprint density at radius 1 is 1.21 bits per heavy atom. The molecule has 0 amide bonds. The molecule has 0 unspecified atom stereocenters. The van der Waals surface area contributed by atoms with E-state index in [0.29, 0.717) is 6.61 Å². The smallest absolute Gasteiger partial charge is 0.156 e. The maximum Gasteiger partial charge on any atom is 0.156 e. The zero-order valence-electron chi connectivity index (χ0n) is 11.9. The fraction of sp³-hybridized carbons (Fsp3) is 0.733. The van der Waals surface area contributed by atoms with Gasteiger partial charge in [0, 0.05) is 32.0 Å². The molecular weight excluding hydrogens is 238 g/mol. The molecule has 0 N–H and O–H groups in total. The van der Waals surface area contributed by atoms with Crippen LogP contribution in [0.4, 0.5) is 5.82 Å². The maximum atomic E-state index is 5.15. The summed E-state index contributed by atoms with van der Waals surface area (Å²) in [6.07, 6.45) is 5.62. The number of hydrogen-bond donors (Lipinski definition) is 0. The minimum atomic E-state index is 0.495. The number of nitrogens with zero attached hydrogens (tertiary/aromatic N) is 3. The fourth-order valence-electron chi connectivity index (χ4n) is 3.56. The van der Waals surface area contributed by atoms with Gasteiger partial charge in [-0.15, -0.1) is 0 Å². The van der Waals surface area contributed by atoms with E-state index in [1.807, 2.05) is 6.92 Å². The molecule has 0 bridgehead atoms. The van der Waals surface area contributed by atoms with Gasteiger partial charge in [-0.2, -0.15) is 0 Å². The number of fused-ring (bicyclic) bond motifs is 1. The van der Waals surface area contributed by atoms with E-state index in [1.165, 1.54) is 38.8 Å². The summed E-state index contributed by atoms with van der Waals surface area (Å²) in [5, 5.41) is 0. The Bertz CT molecular complexity index is 435. The Kier molecular flexibility index (Phi) is 3.69. The van der Waals surface area contributed by atoms with Crippen molar-refractivity contribution in [3.8, 4) is 0 Å². The Morgan fingerprint density at radius 3 is 2.53 bits per heavy atom. The minimum Gasteiger partial charge on any atom is -0.377 e. The average Bonchev–Trinajstić information content (AvgIpc) is 2.82. The largest absolute Gasteiger partial charge is 0.377 e. The van der Waals surface area contributed by atoms with E-state index < -0.39 is 0 Å². The maximum absolute atomic E-state index is 5.15. The first kappa shape index (κ1) is 12.9. The summed E-state index contributed by atoms with van der Waals surface area (Å²) < 4.78 is 5.15. The first-order valence-electron chi connectivity index (χ1n) is 7.34. The summed E-state index contributed by atoms with van der Waals surface area (Å²) >= 11 is 0. The zero-order chi connectivity index (χ0) is 13.2. The van der Waals surface area contributed by atoms with E-state index in [0.717, 1.165) is 29.2 Å². The summed E-state index contributed by atoms with van der Waals surface area (Å²) in [5.74, 6) is 3.66. The minimum absolute atomic E-state index is 0.495. The Hall–Kier alpha value is -1.16. The molecule has 1 saturated heterocycles. The highest BCUT2D eigenvalue weighted by molar-refractivity contribution is 5.41. The van der Waals surface area contributed by atoms with Gasteiger partial charge in [-0.25, -0.2) is 9.97 Å². The van der Waals surface area contributed by atoms with Crippen molar-refractivity contribution in [2.45, 2.75) is 39.2 Å². The highest BCUT2D eigenvalue weighted by atomic mass is 16.5. The first-order chi connectivity index (χ1) is 9.26. The van der Waals surface area contributed by atoms with Gasteiger partial charge in [0.05, 0.1) is 0 Å². The number of anilines is 1. The lowest BCUT2D eigenvalue weighted by Crippen LogP contribution is -2.22. The van der Waals surface area contributed by atoms with Crippen LogP contribution in [0.5, 0.6) is 0 Å². The molecule has 0 aromatic carbocycles. The van der Waals surface area contributed by atoms with Crippen molar-refractivity contribution in [1.82, 2.24) is 9.97 Å². The predicted octanol–water partition coefficient (Wildman–Crippen LogP) is 2.56. The molecule has 19 heavy (non-hydrogen) atoms. The molecule has 2 atom stereocenters. The quantitative estimate of drug-likeness (QED) is 0.838. The van der Waals surface area contributed by atoms with Gasteiger partial charge >= 0.3 is 0 Å². The lowest BCUT2D eigenvalue weighted by Gasteiger charge is -2.22. The molecule has 2 heterocycles. The molecule has 0 spiro atoms. The Morgan fingerprint density at radius 2 is 1.89 bits per heavy atom. The SMILES string of the molecule is COCc1nc(C)cc(N2C[C@@H]3CCCC[C@H]3C2)n1. The van der Waals surface area contributed by atoms with E-state index in [1.54, 1.807) is 7.11 Å². The van der Waals surface area contributed by atoms with Crippen LogP contribution in [0.2, 0.25) is 0 Å². The van der Waals surface area contributed by atoms with Crippen LogP contribution in [-0.4, -0.2) is 30.2 Å². The lowest BCUT2D eigenvalue weighted by atomic mass is 9.82. The molecule has 3 rings (SSSR count). The molecule has 1 aliphatic carbocycles. The highest BCUT2D eigenvalue weighted by Crippen LogP contribution is 2.37. The van der Waals surface area contributed by atoms with Crippen LogP contribution in [0.15, 0.2) is 6.07 Å². The molecule has 1 saturated carbocycles. The average molecular weight is 261 g/mol. The molecule has 0 radical (unpaired) electrons. The fourth-order valence-corrected chi connectivity index (χ4v) is 3.56. The lowest BCUT2D eigenvalue weighted by molar-refractivity contribution is 0.177. The van der Waals surface area contributed by atoms with Crippen LogP contribution >= 0.6 is 0 Å². The molecular formula is C15H23N3O. The molecule has 1 aromatic rings. The van der Waals surface area contributed by atoms with Crippen molar-refractivity contribution in [1.29, 1.82) is 0 Å². The number of hydrogen-bond acceptors (Lipinski definition) is 4. The van der Waals surface area contributed by atoms with E-state index in [9.17, 15) is 0 Å². The summed E-state index contributed by atoms with van der Waals surface area (Å²) in [6, 6.07) is 2.11. The van der Waals surface area contributed by atoms with Gasteiger partial charge in [0.1, 0.15) is 12.4 Å². The third kappa shape index (κ3) is 2.73. The standard InChI is InChI=1S/C15H23N3O/c1-11-7-15(17-14(16-11)10-19-2)18-8-12-5-3-4-6-13(12)9-18/h7,12-13H,3-6,8-10H2,1-2H3/t12-,13-/m0/s1. The number of aromatic nitrogens is 2. The van der Waals surface area contributed by atoms with Crippen molar-refractivity contribution >= 4 is 5.82 Å². The van der Waals surface area contributed by atoms with Crippen LogP contribution in [0, 0.1) is 18.8 Å². The summed E-state index contributed by atoms with van der Waals surface area (Å²) in [6.45, 7) is 4.88. The summed E-state index contributed by atoms with van der Waals surface area (Å²) in [4.78, 5) is 11.5. The number of methoxy groups -OCH3 is 1. The molecule has 2 aliphatic rings. The van der Waals surface area contributed by atoms with Crippen LogP contribution in [0.3, 0.4) is 0 Å². The van der Waals surface area contributed by atoms with Crippen LogP contribution in [0.1, 0.15) is 37.2 Å². The first-order valence-corrected chi connectivity index (χ1v) is 7.34. The second kappa shape index (κ2) is 5.45. The van der Waals surface area contributed by atoms with Gasteiger partial charge in [0.2, 0.25) is 0 Å². The normalized spacial score (nSPS) is 26.5. The van der Waals surface area contributed by atoms with Crippen LogP contribution < -0.4 is 4.90 Å². The van der Waals surface area contributed by atoms with Crippen LogP contribution in [0.25, 0.3) is 0 Å². The Balaban J connectivity index is 1.78. The van der Waals surface area contributed by atoms with E-state index in [4.69, 9.17) is 4.74 Å². The zero-order valence-corrected chi connectivity index (χ0v) is 11.9. The van der Waals surface area contributed by atoms with Gasteiger partial charge in [-0.05, 0) is 31.6 Å². The number of ether oxygens (including phenoxy) is 1. The van der Waals surface area contributed by atoms with Crippen molar-refractivity contribution < 1.29 is 4.74 Å². The Labute approximate surface area is 115 Å². The van der Waals surface area contributed by atoms with E-state index in [2.05, 4.69) is 20.9 Å². The molecule has 4 nitrogen and oxygen atoms in total. The van der Waals surface area contributed by atoms with Crippen molar-refractivity contribution in [3.05, 3.63) is 17.6 Å².